The van der Waals surface area contributed by atoms with Crippen molar-refractivity contribution in [1.82, 2.24) is 0 Å². The molecule has 8 heteroatoms. The second-order valence-corrected chi connectivity index (χ2v) is 4.62. The first-order chi connectivity index (χ1) is 10.9. The number of halogens is 1. The summed E-state index contributed by atoms with van der Waals surface area (Å²) in [5.74, 6) is -1.34. The highest BCUT2D eigenvalue weighted by molar-refractivity contribution is 5.98. The van der Waals surface area contributed by atoms with Crippen LogP contribution in [0.25, 0.3) is 0 Å². The van der Waals surface area contributed by atoms with E-state index in [-0.39, 0.29) is 17.1 Å². The molecule has 0 saturated carbocycles. The fourth-order valence-electron chi connectivity index (χ4n) is 1.80. The molecule has 0 heterocycles. The van der Waals surface area contributed by atoms with E-state index in [4.69, 9.17) is 10.6 Å². The smallest absolute Gasteiger partial charge is 0.365 e. The molecule has 0 radical (unpaired) electrons. The molecule has 0 fully saturated rings. The standard InChI is InChI=1S/C15H12FN3O4/c1-9-8-11(4-7-13(9)19(21)22)15(20)23-18-14(17)10-2-5-12(16)6-3-10/h2-8H,1H3,(H2,17,18). The lowest BCUT2D eigenvalue weighted by Crippen LogP contribution is -2.15. The number of rotatable bonds is 4. The van der Waals surface area contributed by atoms with Crippen LogP contribution in [-0.2, 0) is 4.84 Å². The normalized spacial score (nSPS) is 11.1. The number of carbonyl (C=O) groups excluding carboxylic acids is 1. The highest BCUT2D eigenvalue weighted by Crippen LogP contribution is 2.19. The minimum atomic E-state index is -0.812. The molecule has 2 aromatic carbocycles. The summed E-state index contributed by atoms with van der Waals surface area (Å²) in [7, 11) is 0. The van der Waals surface area contributed by atoms with Gasteiger partial charge in [-0.25, -0.2) is 9.18 Å². The van der Waals surface area contributed by atoms with E-state index in [1.54, 1.807) is 0 Å². The van der Waals surface area contributed by atoms with Gasteiger partial charge in [0.05, 0.1) is 10.5 Å². The van der Waals surface area contributed by atoms with Gasteiger partial charge in [0.25, 0.3) is 5.69 Å². The maximum atomic E-state index is 12.8. The number of benzene rings is 2. The molecule has 2 N–H and O–H groups in total. The Morgan fingerprint density at radius 2 is 1.83 bits per heavy atom. The van der Waals surface area contributed by atoms with E-state index in [0.717, 1.165) is 0 Å². The molecule has 0 unspecified atom stereocenters. The SMILES string of the molecule is Cc1cc(C(=O)O/N=C(\N)c2ccc(F)cc2)ccc1[N+](=O)[O-]. The predicted molar refractivity (Wildman–Crippen MR) is 80.4 cm³/mol. The lowest BCUT2D eigenvalue weighted by atomic mass is 10.1. The zero-order valence-electron chi connectivity index (χ0n) is 12.0. The summed E-state index contributed by atoms with van der Waals surface area (Å²) in [4.78, 5) is 26.7. The van der Waals surface area contributed by atoms with E-state index in [1.807, 2.05) is 0 Å². The first kappa shape index (κ1) is 16.1. The van der Waals surface area contributed by atoms with Crippen molar-refractivity contribution in [2.75, 3.05) is 0 Å². The molecule has 2 rings (SSSR count). The largest absolute Gasteiger partial charge is 0.380 e. The molecular formula is C15H12FN3O4. The molecule has 0 aliphatic rings. The van der Waals surface area contributed by atoms with Gasteiger partial charge in [-0.05, 0) is 43.3 Å². The lowest BCUT2D eigenvalue weighted by Gasteiger charge is -2.03. The van der Waals surface area contributed by atoms with E-state index < -0.39 is 16.7 Å². The fraction of sp³-hybridized carbons (Fsp3) is 0.0667. The summed E-state index contributed by atoms with van der Waals surface area (Å²) >= 11 is 0. The van der Waals surface area contributed by atoms with Gasteiger partial charge >= 0.3 is 5.97 Å². The molecule has 0 bridgehead atoms. The minimum Gasteiger partial charge on any atom is -0.380 e. The summed E-state index contributed by atoms with van der Waals surface area (Å²) in [6, 6.07) is 8.95. The van der Waals surface area contributed by atoms with E-state index in [2.05, 4.69) is 5.16 Å². The van der Waals surface area contributed by atoms with Crippen molar-refractivity contribution < 1.29 is 18.9 Å². The van der Waals surface area contributed by atoms with Crippen LogP contribution in [0.15, 0.2) is 47.6 Å². The van der Waals surface area contributed by atoms with Crippen LogP contribution in [0.4, 0.5) is 10.1 Å². The van der Waals surface area contributed by atoms with Crippen LogP contribution in [-0.4, -0.2) is 16.7 Å². The Morgan fingerprint density at radius 1 is 1.22 bits per heavy atom. The van der Waals surface area contributed by atoms with Crippen LogP contribution in [0.1, 0.15) is 21.5 Å². The molecule has 0 saturated heterocycles. The Labute approximate surface area is 130 Å². The number of nitro benzene ring substituents is 1. The van der Waals surface area contributed by atoms with Crippen LogP contribution in [0.2, 0.25) is 0 Å². The molecular weight excluding hydrogens is 305 g/mol. The Morgan fingerprint density at radius 3 is 2.39 bits per heavy atom. The third-order valence-electron chi connectivity index (χ3n) is 3.00. The zero-order chi connectivity index (χ0) is 17.0. The Balaban J connectivity index is 2.12. The lowest BCUT2D eigenvalue weighted by molar-refractivity contribution is -0.385. The van der Waals surface area contributed by atoms with Gasteiger partial charge in [-0.1, -0.05) is 5.16 Å². The van der Waals surface area contributed by atoms with Gasteiger partial charge in [0.1, 0.15) is 5.82 Å². The second kappa shape index (κ2) is 6.65. The second-order valence-electron chi connectivity index (χ2n) is 4.62. The third-order valence-corrected chi connectivity index (χ3v) is 3.00. The average molecular weight is 317 g/mol. The molecule has 0 atom stereocenters. The predicted octanol–water partition coefficient (Wildman–Crippen LogP) is 2.52. The maximum absolute atomic E-state index is 12.8. The van der Waals surface area contributed by atoms with Crippen molar-refractivity contribution in [1.29, 1.82) is 0 Å². The van der Waals surface area contributed by atoms with Gasteiger partial charge in [0.2, 0.25) is 0 Å². The number of hydrogen-bond acceptors (Lipinski definition) is 5. The van der Waals surface area contributed by atoms with Crippen LogP contribution < -0.4 is 5.73 Å². The van der Waals surface area contributed by atoms with E-state index in [9.17, 15) is 19.3 Å². The van der Waals surface area contributed by atoms with Crippen molar-refractivity contribution in [3.8, 4) is 0 Å². The summed E-state index contributed by atoms with van der Waals surface area (Å²) in [5.41, 5.74) is 6.33. The number of hydrogen-bond donors (Lipinski definition) is 1. The van der Waals surface area contributed by atoms with Crippen molar-refractivity contribution in [2.24, 2.45) is 10.9 Å². The van der Waals surface area contributed by atoms with Crippen molar-refractivity contribution in [3.63, 3.8) is 0 Å². The number of carbonyl (C=O) groups is 1. The van der Waals surface area contributed by atoms with E-state index in [0.29, 0.717) is 11.1 Å². The van der Waals surface area contributed by atoms with Crippen LogP contribution in [0.3, 0.4) is 0 Å². The number of aryl methyl sites for hydroxylation is 1. The highest BCUT2D eigenvalue weighted by Gasteiger charge is 2.15. The number of nitrogens with zero attached hydrogens (tertiary/aromatic N) is 2. The van der Waals surface area contributed by atoms with Gasteiger partial charge in [-0.3, -0.25) is 10.1 Å². The van der Waals surface area contributed by atoms with Crippen LogP contribution in [0.5, 0.6) is 0 Å². The summed E-state index contributed by atoms with van der Waals surface area (Å²) < 4.78 is 12.8. The fourth-order valence-corrected chi connectivity index (χ4v) is 1.80. The first-order valence-corrected chi connectivity index (χ1v) is 6.44. The number of nitro groups is 1. The third kappa shape index (κ3) is 3.88. The van der Waals surface area contributed by atoms with E-state index >= 15 is 0 Å². The summed E-state index contributed by atoms with van der Waals surface area (Å²) in [6.45, 7) is 1.51. The molecule has 0 aliphatic heterocycles. The molecule has 23 heavy (non-hydrogen) atoms. The zero-order valence-corrected chi connectivity index (χ0v) is 12.0. The number of oxime groups is 1. The quantitative estimate of drug-likeness (QED) is 0.306. The van der Waals surface area contributed by atoms with Gasteiger partial charge in [0.15, 0.2) is 5.84 Å². The average Bonchev–Trinajstić information content (AvgIpc) is 2.52. The van der Waals surface area contributed by atoms with Crippen molar-refractivity contribution in [2.45, 2.75) is 6.92 Å². The van der Waals surface area contributed by atoms with Crippen molar-refractivity contribution in [3.05, 3.63) is 75.1 Å². The Hall–Kier alpha value is -3.29. The Bertz CT molecular complexity index is 788. The Kier molecular flexibility index (Phi) is 4.65. The molecule has 0 amide bonds. The topological polar surface area (TPSA) is 108 Å². The summed E-state index contributed by atoms with van der Waals surface area (Å²) in [6.07, 6.45) is 0. The molecule has 0 spiro atoms. The molecule has 2 aromatic rings. The van der Waals surface area contributed by atoms with Gasteiger partial charge in [0, 0.05) is 17.2 Å². The van der Waals surface area contributed by atoms with Crippen LogP contribution >= 0.6 is 0 Å². The minimum absolute atomic E-state index is 0.100. The van der Waals surface area contributed by atoms with Gasteiger partial charge in [-0.2, -0.15) is 0 Å². The van der Waals surface area contributed by atoms with Crippen LogP contribution in [0, 0.1) is 22.9 Å². The molecule has 7 nitrogen and oxygen atoms in total. The monoisotopic (exact) mass is 317 g/mol. The molecule has 0 aromatic heterocycles. The number of amidine groups is 1. The van der Waals surface area contributed by atoms with Gasteiger partial charge < -0.3 is 10.6 Å². The van der Waals surface area contributed by atoms with E-state index in [1.165, 1.54) is 49.4 Å². The molecule has 118 valence electrons. The highest BCUT2D eigenvalue weighted by atomic mass is 19.1. The summed E-state index contributed by atoms with van der Waals surface area (Å²) in [5, 5.41) is 14.2. The molecule has 0 aliphatic carbocycles. The number of nitrogens with two attached hydrogens (primary N) is 1. The maximum Gasteiger partial charge on any atom is 0.365 e. The van der Waals surface area contributed by atoms with Crippen molar-refractivity contribution >= 4 is 17.5 Å². The first-order valence-electron chi connectivity index (χ1n) is 6.44. The van der Waals surface area contributed by atoms with Gasteiger partial charge in [-0.15, -0.1) is 0 Å².